The molecule has 114 valence electrons. The molecule has 0 aliphatic carbocycles. The molecule has 0 spiro atoms. The molecule has 0 aliphatic heterocycles. The van der Waals surface area contributed by atoms with Gasteiger partial charge in [-0.05, 0) is 31.0 Å². The first-order valence-corrected chi connectivity index (χ1v) is 7.66. The van der Waals surface area contributed by atoms with Crippen LogP contribution in [-0.2, 0) is 17.9 Å². The van der Waals surface area contributed by atoms with Crippen LogP contribution in [0.1, 0.15) is 26.3 Å². The summed E-state index contributed by atoms with van der Waals surface area (Å²) in [5.41, 5.74) is 2.36. The van der Waals surface area contributed by atoms with E-state index in [1.807, 2.05) is 23.6 Å². The van der Waals surface area contributed by atoms with Crippen molar-refractivity contribution in [2.24, 2.45) is 5.92 Å². The highest BCUT2D eigenvalue weighted by Gasteiger charge is 2.10. The van der Waals surface area contributed by atoms with Gasteiger partial charge in [0, 0.05) is 30.2 Å². The van der Waals surface area contributed by atoms with E-state index in [4.69, 9.17) is 0 Å². The molecule has 0 bridgehead atoms. The summed E-state index contributed by atoms with van der Waals surface area (Å²) in [7, 11) is 0. The summed E-state index contributed by atoms with van der Waals surface area (Å²) in [5, 5.41) is 7.54. The lowest BCUT2D eigenvalue weighted by molar-refractivity contribution is -0.121. The van der Waals surface area contributed by atoms with Gasteiger partial charge in [0.05, 0.1) is 0 Å². The number of hydrogen-bond donors (Lipinski definition) is 2. The van der Waals surface area contributed by atoms with Crippen LogP contribution in [0.2, 0.25) is 0 Å². The third-order valence-electron chi connectivity index (χ3n) is 3.43. The fourth-order valence-corrected chi connectivity index (χ4v) is 2.50. The van der Waals surface area contributed by atoms with Crippen molar-refractivity contribution in [1.29, 1.82) is 0 Å². The first kappa shape index (κ1) is 15.6. The number of rotatable bonds is 7. The lowest BCUT2D eigenvalue weighted by atomic mass is 10.1. The van der Waals surface area contributed by atoms with E-state index < -0.39 is 0 Å². The number of carbonyl (C=O) groups excluding carboxylic acids is 1. The summed E-state index contributed by atoms with van der Waals surface area (Å²) >= 11 is 0. The van der Waals surface area contributed by atoms with Crippen LogP contribution in [0, 0.1) is 5.92 Å². The van der Waals surface area contributed by atoms with E-state index in [1.165, 1.54) is 10.9 Å². The Morgan fingerprint density at radius 2 is 2.05 bits per heavy atom. The van der Waals surface area contributed by atoms with Gasteiger partial charge < -0.3 is 15.2 Å². The van der Waals surface area contributed by atoms with Crippen LogP contribution in [-0.4, -0.2) is 23.6 Å². The quantitative estimate of drug-likeness (QED) is 0.822. The molecule has 0 fully saturated rings. The molecule has 1 heterocycles. The fraction of sp³-hybridized carbons (Fsp3) is 0.471. The molecule has 0 aliphatic rings. The minimum atomic E-state index is 0.0555. The number of carbonyl (C=O) groups is 1. The van der Waals surface area contributed by atoms with Crippen LogP contribution in [0.4, 0.5) is 0 Å². The zero-order valence-electron chi connectivity index (χ0n) is 13.1. The van der Waals surface area contributed by atoms with Crippen molar-refractivity contribution in [1.82, 2.24) is 15.2 Å². The molecular formula is C17H25N3O. The van der Waals surface area contributed by atoms with Crippen molar-refractivity contribution in [3.63, 3.8) is 0 Å². The molecule has 2 aromatic rings. The Labute approximate surface area is 126 Å². The molecule has 21 heavy (non-hydrogen) atoms. The Morgan fingerprint density at radius 3 is 2.76 bits per heavy atom. The molecule has 0 saturated carbocycles. The van der Waals surface area contributed by atoms with Crippen LogP contribution >= 0.6 is 0 Å². The monoisotopic (exact) mass is 287 g/mol. The van der Waals surface area contributed by atoms with Gasteiger partial charge in [0.1, 0.15) is 6.54 Å². The molecule has 0 radical (unpaired) electrons. The van der Waals surface area contributed by atoms with Crippen LogP contribution in [0.5, 0.6) is 0 Å². The van der Waals surface area contributed by atoms with E-state index in [-0.39, 0.29) is 5.91 Å². The van der Waals surface area contributed by atoms with Crippen LogP contribution in [0.3, 0.4) is 0 Å². The van der Waals surface area contributed by atoms with Crippen LogP contribution in [0.25, 0.3) is 10.9 Å². The highest BCUT2D eigenvalue weighted by atomic mass is 16.1. The van der Waals surface area contributed by atoms with Gasteiger partial charge in [0.2, 0.25) is 5.91 Å². The smallest absolute Gasteiger partial charge is 0.239 e. The molecule has 1 aromatic carbocycles. The van der Waals surface area contributed by atoms with Crippen molar-refractivity contribution in [2.75, 3.05) is 13.1 Å². The number of benzene rings is 1. The van der Waals surface area contributed by atoms with Crippen molar-refractivity contribution >= 4 is 16.8 Å². The zero-order chi connectivity index (χ0) is 15.2. The minimum Gasteiger partial charge on any atom is -0.355 e. The first-order chi connectivity index (χ1) is 10.1. The topological polar surface area (TPSA) is 46.1 Å². The van der Waals surface area contributed by atoms with E-state index >= 15 is 0 Å². The number of hydrogen-bond acceptors (Lipinski definition) is 2. The largest absolute Gasteiger partial charge is 0.355 e. The normalized spacial score (nSPS) is 11.2. The minimum absolute atomic E-state index is 0.0555. The summed E-state index contributed by atoms with van der Waals surface area (Å²) in [4.78, 5) is 11.8. The van der Waals surface area contributed by atoms with E-state index in [0.29, 0.717) is 19.0 Å². The SMILES string of the molecule is CCNC(=O)Cn1cc(CNCC(C)C)c2ccccc21. The standard InChI is InChI=1S/C17H25N3O/c1-4-19-17(21)12-20-11-14(10-18-9-13(2)3)15-7-5-6-8-16(15)20/h5-8,11,13,18H,4,9-10,12H2,1-3H3,(H,19,21). The Kier molecular flexibility index (Phi) is 5.39. The van der Waals surface area contributed by atoms with Gasteiger partial charge >= 0.3 is 0 Å². The average Bonchev–Trinajstić information content (AvgIpc) is 2.77. The van der Waals surface area contributed by atoms with E-state index in [0.717, 1.165) is 18.6 Å². The molecule has 1 aromatic heterocycles. The number of fused-ring (bicyclic) bond motifs is 1. The van der Waals surface area contributed by atoms with E-state index in [1.54, 1.807) is 0 Å². The maximum absolute atomic E-state index is 11.8. The highest BCUT2D eigenvalue weighted by Crippen LogP contribution is 2.21. The third kappa shape index (κ3) is 4.08. The predicted molar refractivity (Wildman–Crippen MR) is 87.2 cm³/mol. The van der Waals surface area contributed by atoms with Crippen LogP contribution in [0.15, 0.2) is 30.5 Å². The molecule has 2 N–H and O–H groups in total. The number of nitrogens with zero attached hydrogens (tertiary/aromatic N) is 1. The molecule has 0 unspecified atom stereocenters. The fourth-order valence-electron chi connectivity index (χ4n) is 2.50. The molecular weight excluding hydrogens is 262 g/mol. The second-order valence-corrected chi connectivity index (χ2v) is 5.78. The predicted octanol–water partition coefficient (Wildman–Crippen LogP) is 2.52. The number of likely N-dealkylation sites (N-methyl/N-ethyl adjacent to an activating group) is 1. The summed E-state index contributed by atoms with van der Waals surface area (Å²) in [5.74, 6) is 0.689. The van der Waals surface area contributed by atoms with Gasteiger partial charge in [0.25, 0.3) is 0 Å². The lowest BCUT2D eigenvalue weighted by Gasteiger charge is -2.06. The van der Waals surface area contributed by atoms with Gasteiger partial charge in [-0.15, -0.1) is 0 Å². The number of nitrogens with one attached hydrogen (secondary N) is 2. The van der Waals surface area contributed by atoms with Crippen LogP contribution < -0.4 is 10.6 Å². The molecule has 2 rings (SSSR count). The average molecular weight is 287 g/mol. The van der Waals surface area contributed by atoms with Crippen molar-refractivity contribution in [3.8, 4) is 0 Å². The van der Waals surface area contributed by atoms with Gasteiger partial charge in [-0.1, -0.05) is 32.0 Å². The second-order valence-electron chi connectivity index (χ2n) is 5.78. The third-order valence-corrected chi connectivity index (χ3v) is 3.43. The van der Waals surface area contributed by atoms with E-state index in [2.05, 4.69) is 42.8 Å². The number of aromatic nitrogens is 1. The second kappa shape index (κ2) is 7.27. The Morgan fingerprint density at radius 1 is 1.29 bits per heavy atom. The van der Waals surface area contributed by atoms with Crippen molar-refractivity contribution in [2.45, 2.75) is 33.9 Å². The summed E-state index contributed by atoms with van der Waals surface area (Å²) in [6, 6.07) is 8.25. The summed E-state index contributed by atoms with van der Waals surface area (Å²) < 4.78 is 2.03. The maximum Gasteiger partial charge on any atom is 0.239 e. The molecule has 1 amide bonds. The molecule has 0 saturated heterocycles. The summed E-state index contributed by atoms with van der Waals surface area (Å²) in [6.07, 6.45) is 2.09. The van der Waals surface area contributed by atoms with Gasteiger partial charge in [-0.2, -0.15) is 0 Å². The summed E-state index contributed by atoms with van der Waals surface area (Å²) in [6.45, 7) is 9.21. The Hall–Kier alpha value is -1.81. The molecule has 0 atom stereocenters. The van der Waals surface area contributed by atoms with E-state index in [9.17, 15) is 4.79 Å². The Bertz CT molecular complexity index is 601. The highest BCUT2D eigenvalue weighted by molar-refractivity contribution is 5.86. The molecule has 4 heteroatoms. The molecule has 4 nitrogen and oxygen atoms in total. The van der Waals surface area contributed by atoms with Crippen molar-refractivity contribution < 1.29 is 4.79 Å². The number of para-hydroxylation sites is 1. The van der Waals surface area contributed by atoms with Gasteiger partial charge in [-0.3, -0.25) is 4.79 Å². The van der Waals surface area contributed by atoms with Gasteiger partial charge in [-0.25, -0.2) is 0 Å². The van der Waals surface area contributed by atoms with Gasteiger partial charge in [0.15, 0.2) is 0 Å². The zero-order valence-corrected chi connectivity index (χ0v) is 13.1. The Balaban J connectivity index is 2.19. The lowest BCUT2D eigenvalue weighted by Crippen LogP contribution is -2.26. The first-order valence-electron chi connectivity index (χ1n) is 7.66. The van der Waals surface area contributed by atoms with Crippen molar-refractivity contribution in [3.05, 3.63) is 36.0 Å². The maximum atomic E-state index is 11.8. The number of amides is 1.